The fourth-order valence-electron chi connectivity index (χ4n) is 3.61. The van der Waals surface area contributed by atoms with E-state index < -0.39 is 6.67 Å². The molecule has 0 aromatic heterocycles. The minimum Gasteiger partial charge on any atom is -0.496 e. The number of nitrogens with zero attached hydrogens (tertiary/aromatic N) is 1. The van der Waals surface area contributed by atoms with Gasteiger partial charge < -0.3 is 20.7 Å². The summed E-state index contributed by atoms with van der Waals surface area (Å²) < 4.78 is 18.1. The summed E-state index contributed by atoms with van der Waals surface area (Å²) in [5.41, 5.74) is 11.4. The van der Waals surface area contributed by atoms with E-state index >= 15 is 0 Å². The van der Waals surface area contributed by atoms with Crippen LogP contribution >= 0.6 is 0 Å². The minimum atomic E-state index is -0.450. The molecule has 0 amide bonds. The lowest BCUT2D eigenvalue weighted by atomic mass is 10.0. The van der Waals surface area contributed by atoms with Crippen LogP contribution in [0.1, 0.15) is 43.7 Å². The van der Waals surface area contributed by atoms with E-state index in [4.69, 9.17) is 10.5 Å². The van der Waals surface area contributed by atoms with E-state index in [0.717, 1.165) is 53.2 Å². The Bertz CT molecular complexity index is 831. The number of halogens is 1. The van der Waals surface area contributed by atoms with E-state index in [-0.39, 0.29) is 0 Å². The molecule has 3 N–H and O–H groups in total. The van der Waals surface area contributed by atoms with Crippen LogP contribution in [-0.4, -0.2) is 44.9 Å². The number of benzene rings is 1. The third kappa shape index (κ3) is 8.39. The smallest absolute Gasteiger partial charge is 0.110 e. The van der Waals surface area contributed by atoms with Gasteiger partial charge in [-0.2, -0.15) is 0 Å². The van der Waals surface area contributed by atoms with Crippen LogP contribution in [0.4, 0.5) is 4.39 Å². The predicted molar refractivity (Wildman–Crippen MR) is 135 cm³/mol. The fourth-order valence-corrected chi connectivity index (χ4v) is 3.61. The Labute approximate surface area is 193 Å². The van der Waals surface area contributed by atoms with Crippen molar-refractivity contribution in [3.05, 3.63) is 83.8 Å². The molecule has 0 bridgehead atoms. The Morgan fingerprint density at radius 3 is 2.50 bits per heavy atom. The molecule has 1 aliphatic heterocycles. The van der Waals surface area contributed by atoms with E-state index in [1.165, 1.54) is 25.3 Å². The summed E-state index contributed by atoms with van der Waals surface area (Å²) in [6.45, 7) is 8.89. The molecule has 5 heteroatoms. The molecule has 0 atom stereocenters. The van der Waals surface area contributed by atoms with Crippen LogP contribution in [0.2, 0.25) is 0 Å². The summed E-state index contributed by atoms with van der Waals surface area (Å²) in [5.74, 6) is 0.723. The zero-order valence-corrected chi connectivity index (χ0v) is 19.6. The number of piperidine rings is 1. The van der Waals surface area contributed by atoms with Crippen LogP contribution in [0.5, 0.6) is 0 Å². The van der Waals surface area contributed by atoms with Gasteiger partial charge in [0.15, 0.2) is 0 Å². The normalized spacial score (nSPS) is 15.9. The standard InChI is InChI=1S/C27H38FN3O/c1-22(9-5-6-15-28)14-18-32-27(20-29)19-26(21-30-3)25-12-10-24(11-13-25)23(2)31-16-7-4-8-17-31/h5-6,9-13,19,21,30H,2,4,7-8,14-18,20,29H2,1,3H3/b6-5-,22-9-,26-21+,27-19+. The van der Waals surface area contributed by atoms with Gasteiger partial charge in [0, 0.05) is 44.0 Å². The zero-order valence-electron chi connectivity index (χ0n) is 19.6. The Kier molecular flexibility index (Phi) is 11.4. The van der Waals surface area contributed by atoms with E-state index in [9.17, 15) is 4.39 Å². The number of ether oxygens (including phenoxy) is 1. The van der Waals surface area contributed by atoms with Gasteiger partial charge in [0.05, 0.1) is 13.2 Å². The largest absolute Gasteiger partial charge is 0.496 e. The van der Waals surface area contributed by atoms with Crippen molar-refractivity contribution in [1.29, 1.82) is 0 Å². The van der Waals surface area contributed by atoms with Crippen LogP contribution < -0.4 is 11.1 Å². The fraction of sp³-hybridized carbons (Fsp3) is 0.407. The summed E-state index contributed by atoms with van der Waals surface area (Å²) >= 11 is 0. The lowest BCUT2D eigenvalue weighted by Gasteiger charge is -2.30. The minimum absolute atomic E-state index is 0.315. The highest BCUT2D eigenvalue weighted by Gasteiger charge is 2.13. The topological polar surface area (TPSA) is 50.5 Å². The Morgan fingerprint density at radius 1 is 1.19 bits per heavy atom. The van der Waals surface area contributed by atoms with Crippen molar-refractivity contribution in [2.75, 3.05) is 40.0 Å². The van der Waals surface area contributed by atoms with Gasteiger partial charge >= 0.3 is 0 Å². The second kappa shape index (κ2) is 14.3. The summed E-state index contributed by atoms with van der Waals surface area (Å²) in [5, 5.41) is 3.11. The van der Waals surface area contributed by atoms with Crippen molar-refractivity contribution < 1.29 is 9.13 Å². The second-order valence-corrected chi connectivity index (χ2v) is 7.97. The molecule has 1 fully saturated rings. The first kappa shape index (κ1) is 25.5. The molecule has 0 radical (unpaired) electrons. The van der Waals surface area contributed by atoms with Crippen molar-refractivity contribution >= 4 is 11.3 Å². The van der Waals surface area contributed by atoms with Crippen LogP contribution in [-0.2, 0) is 4.74 Å². The molecule has 1 aromatic rings. The van der Waals surface area contributed by atoms with Crippen molar-refractivity contribution in [2.24, 2.45) is 5.73 Å². The van der Waals surface area contributed by atoms with Crippen LogP contribution in [0.15, 0.2) is 72.7 Å². The van der Waals surface area contributed by atoms with Crippen molar-refractivity contribution in [3.8, 4) is 0 Å². The molecular formula is C27H38FN3O. The monoisotopic (exact) mass is 439 g/mol. The number of hydrogen-bond acceptors (Lipinski definition) is 4. The van der Waals surface area contributed by atoms with Crippen LogP contribution in [0.3, 0.4) is 0 Å². The maximum Gasteiger partial charge on any atom is 0.110 e. The Morgan fingerprint density at radius 2 is 1.88 bits per heavy atom. The molecule has 4 nitrogen and oxygen atoms in total. The molecule has 1 heterocycles. The van der Waals surface area contributed by atoms with Gasteiger partial charge in [-0.1, -0.05) is 54.6 Å². The first-order chi connectivity index (χ1) is 15.6. The predicted octanol–water partition coefficient (Wildman–Crippen LogP) is 5.42. The molecule has 1 aromatic carbocycles. The Balaban J connectivity index is 2.05. The van der Waals surface area contributed by atoms with E-state index in [2.05, 4.69) is 41.1 Å². The molecule has 1 aliphatic rings. The molecule has 2 rings (SSSR count). The lowest BCUT2D eigenvalue weighted by molar-refractivity contribution is 0.213. The number of alkyl halides is 1. The quantitative estimate of drug-likeness (QED) is 0.337. The third-order valence-electron chi connectivity index (χ3n) is 5.50. The summed E-state index contributed by atoms with van der Waals surface area (Å²) in [7, 11) is 1.88. The van der Waals surface area contributed by atoms with Gasteiger partial charge in [-0.3, -0.25) is 0 Å². The second-order valence-electron chi connectivity index (χ2n) is 7.97. The van der Waals surface area contributed by atoms with Gasteiger partial charge in [0.25, 0.3) is 0 Å². The molecule has 0 unspecified atom stereocenters. The molecule has 1 saturated heterocycles. The van der Waals surface area contributed by atoms with Crippen molar-refractivity contribution in [2.45, 2.75) is 32.6 Å². The van der Waals surface area contributed by atoms with Gasteiger partial charge in [0.1, 0.15) is 12.4 Å². The maximum absolute atomic E-state index is 12.1. The number of hydrogen-bond donors (Lipinski definition) is 2. The number of nitrogens with two attached hydrogens (primary N) is 1. The van der Waals surface area contributed by atoms with Gasteiger partial charge in [-0.05, 0) is 43.4 Å². The molecule has 32 heavy (non-hydrogen) atoms. The number of likely N-dealkylation sites (tertiary alicyclic amines) is 1. The van der Waals surface area contributed by atoms with Gasteiger partial charge in [0.2, 0.25) is 0 Å². The number of nitrogens with one attached hydrogen (secondary N) is 1. The average molecular weight is 440 g/mol. The summed E-state index contributed by atoms with van der Waals surface area (Å²) in [6.07, 6.45) is 13.6. The first-order valence-electron chi connectivity index (χ1n) is 11.4. The molecule has 0 aliphatic carbocycles. The highest BCUT2D eigenvalue weighted by Crippen LogP contribution is 2.25. The van der Waals surface area contributed by atoms with Crippen LogP contribution in [0, 0.1) is 0 Å². The third-order valence-corrected chi connectivity index (χ3v) is 5.50. The van der Waals surface area contributed by atoms with Crippen molar-refractivity contribution in [3.63, 3.8) is 0 Å². The molecular weight excluding hydrogens is 401 g/mol. The maximum atomic E-state index is 12.1. The lowest BCUT2D eigenvalue weighted by Crippen LogP contribution is -2.27. The highest BCUT2D eigenvalue weighted by atomic mass is 19.1. The number of rotatable bonds is 12. The molecule has 0 spiro atoms. The highest BCUT2D eigenvalue weighted by molar-refractivity contribution is 5.75. The summed E-state index contributed by atoms with van der Waals surface area (Å²) in [4.78, 5) is 2.38. The van der Waals surface area contributed by atoms with Crippen molar-refractivity contribution in [1.82, 2.24) is 10.2 Å². The van der Waals surface area contributed by atoms with Gasteiger partial charge in [-0.25, -0.2) is 4.39 Å². The van der Waals surface area contributed by atoms with E-state index in [0.29, 0.717) is 13.2 Å². The SMILES string of the molecule is C=C(c1ccc(C(/C=C(\CN)OCC/C(C)=C\C=C/CF)=C/NC)cc1)N1CCCCC1. The molecule has 174 valence electrons. The Hall–Kier alpha value is -2.79. The number of allylic oxidation sites excluding steroid dienone is 5. The van der Waals surface area contributed by atoms with E-state index in [1.54, 1.807) is 6.08 Å². The average Bonchev–Trinajstić information content (AvgIpc) is 2.83. The van der Waals surface area contributed by atoms with Gasteiger partial charge in [-0.15, -0.1) is 0 Å². The molecule has 0 saturated carbocycles. The van der Waals surface area contributed by atoms with E-state index in [1.807, 2.05) is 32.3 Å². The zero-order chi connectivity index (χ0) is 23.2. The summed E-state index contributed by atoms with van der Waals surface area (Å²) in [6, 6.07) is 8.49. The first-order valence-corrected chi connectivity index (χ1v) is 11.4. The van der Waals surface area contributed by atoms with Crippen LogP contribution in [0.25, 0.3) is 11.3 Å².